The standard InChI is InChI=1S/C9H8ClNO2/c10-8-3-6-1-2-13-9(6)7(4-8)5-11-12/h3-5,12H,1-2H2. The van der Waals surface area contributed by atoms with E-state index in [1.165, 1.54) is 6.21 Å². The summed E-state index contributed by atoms with van der Waals surface area (Å²) in [6.07, 6.45) is 2.19. The maximum Gasteiger partial charge on any atom is 0.131 e. The van der Waals surface area contributed by atoms with Crippen molar-refractivity contribution in [2.75, 3.05) is 6.61 Å². The van der Waals surface area contributed by atoms with Crippen molar-refractivity contribution in [1.29, 1.82) is 0 Å². The SMILES string of the molecule is ON=Cc1cc(Cl)cc2c1OCC2. The van der Waals surface area contributed by atoms with E-state index in [0.717, 1.165) is 23.3 Å². The molecule has 1 aromatic rings. The summed E-state index contributed by atoms with van der Waals surface area (Å²) < 4.78 is 5.38. The average Bonchev–Trinajstić information content (AvgIpc) is 2.52. The number of oxime groups is 1. The molecule has 1 N–H and O–H groups in total. The van der Waals surface area contributed by atoms with Gasteiger partial charge in [-0.1, -0.05) is 16.8 Å². The highest BCUT2D eigenvalue weighted by atomic mass is 35.5. The van der Waals surface area contributed by atoms with Gasteiger partial charge in [0.2, 0.25) is 0 Å². The minimum atomic E-state index is 0.638. The zero-order chi connectivity index (χ0) is 9.26. The molecule has 2 rings (SSSR count). The van der Waals surface area contributed by atoms with Crippen LogP contribution in [-0.2, 0) is 6.42 Å². The molecular formula is C9H8ClNO2. The van der Waals surface area contributed by atoms with E-state index >= 15 is 0 Å². The van der Waals surface area contributed by atoms with E-state index in [1.54, 1.807) is 6.07 Å². The Morgan fingerprint density at radius 3 is 3.15 bits per heavy atom. The van der Waals surface area contributed by atoms with Gasteiger partial charge in [0.15, 0.2) is 0 Å². The molecule has 4 heteroatoms. The third-order valence-corrected chi connectivity index (χ3v) is 2.19. The van der Waals surface area contributed by atoms with Crippen LogP contribution in [0.25, 0.3) is 0 Å². The Morgan fingerprint density at radius 1 is 1.54 bits per heavy atom. The Bertz CT molecular complexity index is 363. The maximum absolute atomic E-state index is 8.41. The number of fused-ring (bicyclic) bond motifs is 1. The Hall–Kier alpha value is -1.22. The normalized spacial score (nSPS) is 14.5. The van der Waals surface area contributed by atoms with Crippen LogP contribution >= 0.6 is 11.6 Å². The molecule has 1 heterocycles. The van der Waals surface area contributed by atoms with Crippen molar-refractivity contribution in [1.82, 2.24) is 0 Å². The third kappa shape index (κ3) is 1.47. The molecule has 0 fully saturated rings. The van der Waals surface area contributed by atoms with Gasteiger partial charge < -0.3 is 9.94 Å². The molecule has 3 nitrogen and oxygen atoms in total. The fraction of sp³-hybridized carbons (Fsp3) is 0.222. The van der Waals surface area contributed by atoms with E-state index in [9.17, 15) is 0 Å². The summed E-state index contributed by atoms with van der Waals surface area (Å²) in [5.74, 6) is 0.780. The predicted octanol–water partition coefficient (Wildman–Crippen LogP) is 2.08. The van der Waals surface area contributed by atoms with Gasteiger partial charge in [-0.15, -0.1) is 0 Å². The number of ether oxygens (including phenoxy) is 1. The quantitative estimate of drug-likeness (QED) is 0.426. The molecule has 0 aromatic heterocycles. The van der Waals surface area contributed by atoms with E-state index in [4.69, 9.17) is 21.5 Å². The second-order valence-corrected chi connectivity index (χ2v) is 3.26. The first-order valence-electron chi connectivity index (χ1n) is 3.94. The Balaban J connectivity index is 2.55. The number of hydrogen-bond acceptors (Lipinski definition) is 3. The van der Waals surface area contributed by atoms with Gasteiger partial charge >= 0.3 is 0 Å². The van der Waals surface area contributed by atoms with Gasteiger partial charge in [0.25, 0.3) is 0 Å². The van der Waals surface area contributed by atoms with E-state index in [0.29, 0.717) is 11.6 Å². The topological polar surface area (TPSA) is 41.8 Å². The molecule has 1 aliphatic rings. The smallest absolute Gasteiger partial charge is 0.131 e. The molecule has 0 amide bonds. The molecule has 0 saturated carbocycles. The van der Waals surface area contributed by atoms with Gasteiger partial charge in [-0.25, -0.2) is 0 Å². The molecule has 0 aliphatic carbocycles. The van der Waals surface area contributed by atoms with Gasteiger partial charge in [0, 0.05) is 17.0 Å². The molecule has 13 heavy (non-hydrogen) atoms. The molecular weight excluding hydrogens is 190 g/mol. The lowest BCUT2D eigenvalue weighted by Crippen LogP contribution is -1.90. The number of hydrogen-bond donors (Lipinski definition) is 1. The van der Waals surface area contributed by atoms with Crippen molar-refractivity contribution < 1.29 is 9.94 Å². The van der Waals surface area contributed by atoms with Crippen LogP contribution in [0.1, 0.15) is 11.1 Å². The van der Waals surface area contributed by atoms with Crippen molar-refractivity contribution >= 4 is 17.8 Å². The Labute approximate surface area is 80.6 Å². The fourth-order valence-electron chi connectivity index (χ4n) is 1.46. The highest BCUT2D eigenvalue weighted by Crippen LogP contribution is 2.31. The summed E-state index contributed by atoms with van der Waals surface area (Å²) in [4.78, 5) is 0. The summed E-state index contributed by atoms with van der Waals surface area (Å²) in [6.45, 7) is 0.669. The number of rotatable bonds is 1. The van der Waals surface area contributed by atoms with Crippen molar-refractivity contribution in [3.63, 3.8) is 0 Å². The zero-order valence-corrected chi connectivity index (χ0v) is 7.58. The second kappa shape index (κ2) is 3.26. The van der Waals surface area contributed by atoms with E-state index < -0.39 is 0 Å². The van der Waals surface area contributed by atoms with Crippen molar-refractivity contribution in [2.45, 2.75) is 6.42 Å². The highest BCUT2D eigenvalue weighted by molar-refractivity contribution is 6.31. The fourth-order valence-corrected chi connectivity index (χ4v) is 1.71. The summed E-state index contributed by atoms with van der Waals surface area (Å²) in [5, 5.41) is 12.0. The minimum Gasteiger partial charge on any atom is -0.492 e. The van der Waals surface area contributed by atoms with E-state index in [-0.39, 0.29) is 0 Å². The lowest BCUT2D eigenvalue weighted by molar-refractivity contribution is 0.321. The molecule has 0 spiro atoms. The third-order valence-electron chi connectivity index (χ3n) is 1.97. The molecule has 0 atom stereocenters. The Morgan fingerprint density at radius 2 is 2.38 bits per heavy atom. The Kier molecular flexibility index (Phi) is 2.10. The first-order valence-corrected chi connectivity index (χ1v) is 4.31. The van der Waals surface area contributed by atoms with Gasteiger partial charge in [-0.3, -0.25) is 0 Å². The van der Waals surface area contributed by atoms with Gasteiger partial charge in [-0.2, -0.15) is 0 Å². The van der Waals surface area contributed by atoms with Crippen LogP contribution in [0.5, 0.6) is 5.75 Å². The molecule has 0 saturated heterocycles. The van der Waals surface area contributed by atoms with Crippen molar-refractivity contribution in [2.24, 2.45) is 5.16 Å². The lowest BCUT2D eigenvalue weighted by atomic mass is 10.1. The van der Waals surface area contributed by atoms with Crippen LogP contribution in [0.2, 0.25) is 5.02 Å². The lowest BCUT2D eigenvalue weighted by Gasteiger charge is -2.03. The van der Waals surface area contributed by atoms with Gasteiger partial charge in [0.05, 0.1) is 12.8 Å². The van der Waals surface area contributed by atoms with E-state index in [2.05, 4.69) is 5.16 Å². The summed E-state index contributed by atoms with van der Waals surface area (Å²) in [5.41, 5.74) is 1.80. The van der Waals surface area contributed by atoms with Crippen LogP contribution < -0.4 is 4.74 Å². The van der Waals surface area contributed by atoms with E-state index in [1.807, 2.05) is 6.07 Å². The minimum absolute atomic E-state index is 0.638. The van der Waals surface area contributed by atoms with Crippen LogP contribution in [0.4, 0.5) is 0 Å². The maximum atomic E-state index is 8.41. The van der Waals surface area contributed by atoms with Crippen molar-refractivity contribution in [3.05, 3.63) is 28.3 Å². The van der Waals surface area contributed by atoms with Crippen LogP contribution in [0, 0.1) is 0 Å². The number of benzene rings is 1. The van der Waals surface area contributed by atoms with Gasteiger partial charge in [0.1, 0.15) is 5.75 Å². The first-order chi connectivity index (χ1) is 6.31. The monoisotopic (exact) mass is 197 g/mol. The molecule has 1 aromatic carbocycles. The summed E-state index contributed by atoms with van der Waals surface area (Å²) in [6, 6.07) is 3.59. The molecule has 0 unspecified atom stereocenters. The molecule has 68 valence electrons. The van der Waals surface area contributed by atoms with Crippen molar-refractivity contribution in [3.8, 4) is 5.75 Å². The second-order valence-electron chi connectivity index (χ2n) is 2.83. The number of halogens is 1. The van der Waals surface area contributed by atoms with Crippen LogP contribution in [-0.4, -0.2) is 18.0 Å². The first kappa shape index (κ1) is 8.38. The summed E-state index contributed by atoms with van der Waals surface area (Å²) >= 11 is 5.87. The van der Waals surface area contributed by atoms with Crippen LogP contribution in [0.3, 0.4) is 0 Å². The predicted molar refractivity (Wildman–Crippen MR) is 50.0 cm³/mol. The zero-order valence-electron chi connectivity index (χ0n) is 6.83. The molecule has 0 bridgehead atoms. The molecule has 0 radical (unpaired) electrons. The largest absolute Gasteiger partial charge is 0.492 e. The average molecular weight is 198 g/mol. The highest BCUT2D eigenvalue weighted by Gasteiger charge is 2.16. The van der Waals surface area contributed by atoms with Gasteiger partial charge in [-0.05, 0) is 17.7 Å². The summed E-state index contributed by atoms with van der Waals surface area (Å²) in [7, 11) is 0. The number of nitrogens with zero attached hydrogens (tertiary/aromatic N) is 1. The van der Waals surface area contributed by atoms with Crippen LogP contribution in [0.15, 0.2) is 17.3 Å². The molecule has 1 aliphatic heterocycles.